The highest BCUT2D eigenvalue weighted by atomic mass is 32.1. The highest BCUT2D eigenvalue weighted by Crippen LogP contribution is 2.23. The second kappa shape index (κ2) is 6.29. The van der Waals surface area contributed by atoms with Gasteiger partial charge in [0.1, 0.15) is 11.5 Å². The molecule has 3 heterocycles. The molecule has 0 radical (unpaired) electrons. The number of amides is 2. The molecule has 128 valence electrons. The maximum absolute atomic E-state index is 12.5. The Balaban J connectivity index is 1.40. The number of thiazole rings is 1. The molecule has 0 atom stereocenters. The molecular weight excluding hydrogens is 338 g/mol. The fraction of sp³-hybridized carbons (Fsp3) is 0.294. The Kier molecular flexibility index (Phi) is 3.96. The van der Waals surface area contributed by atoms with E-state index in [2.05, 4.69) is 9.97 Å². The van der Waals surface area contributed by atoms with Gasteiger partial charge < -0.3 is 15.2 Å². The Morgan fingerprint density at radius 3 is 2.88 bits per heavy atom. The van der Waals surface area contributed by atoms with Gasteiger partial charge in [0.05, 0.1) is 28.0 Å². The molecule has 1 aromatic carbocycles. The molecule has 2 amide bonds. The number of benzene rings is 1. The number of rotatable bonds is 4. The van der Waals surface area contributed by atoms with Crippen LogP contribution in [0.2, 0.25) is 0 Å². The lowest BCUT2D eigenvalue weighted by Crippen LogP contribution is -2.39. The molecule has 7 nitrogen and oxygen atoms in total. The number of para-hydroxylation sites is 1. The second-order valence-electron chi connectivity index (χ2n) is 5.97. The molecule has 0 saturated heterocycles. The Bertz CT molecular complexity index is 928. The first-order valence-electron chi connectivity index (χ1n) is 8.08. The summed E-state index contributed by atoms with van der Waals surface area (Å²) in [6.07, 6.45) is 2.53. The van der Waals surface area contributed by atoms with Crippen molar-refractivity contribution in [1.82, 2.24) is 19.4 Å². The van der Waals surface area contributed by atoms with E-state index in [1.165, 1.54) is 6.20 Å². The van der Waals surface area contributed by atoms with Gasteiger partial charge in [-0.25, -0.2) is 9.97 Å². The summed E-state index contributed by atoms with van der Waals surface area (Å²) in [6, 6.07) is 7.98. The SMILES string of the molecule is NC(=O)c1cnc2n1CCN(C(=O)CCc1nc3ccccc3s1)C2. The number of imidazole rings is 1. The normalized spacial score (nSPS) is 13.8. The van der Waals surface area contributed by atoms with Crippen LogP contribution in [0.3, 0.4) is 0 Å². The fourth-order valence-corrected chi connectivity index (χ4v) is 4.04. The molecular formula is C17H17N5O2S. The van der Waals surface area contributed by atoms with Crippen molar-refractivity contribution in [1.29, 1.82) is 0 Å². The summed E-state index contributed by atoms with van der Waals surface area (Å²) in [5.41, 5.74) is 6.71. The molecule has 0 aliphatic carbocycles. The van der Waals surface area contributed by atoms with Gasteiger partial charge in [0, 0.05) is 25.9 Å². The van der Waals surface area contributed by atoms with Gasteiger partial charge >= 0.3 is 0 Å². The Hall–Kier alpha value is -2.74. The van der Waals surface area contributed by atoms with Crippen molar-refractivity contribution in [2.24, 2.45) is 5.73 Å². The van der Waals surface area contributed by atoms with Gasteiger partial charge in [-0.15, -0.1) is 11.3 Å². The molecule has 0 saturated carbocycles. The predicted molar refractivity (Wildman–Crippen MR) is 94.1 cm³/mol. The predicted octanol–water partition coefficient (Wildman–Crippen LogP) is 1.57. The first-order valence-corrected chi connectivity index (χ1v) is 8.90. The van der Waals surface area contributed by atoms with Gasteiger partial charge in [0.2, 0.25) is 5.91 Å². The third-order valence-corrected chi connectivity index (χ3v) is 5.46. The van der Waals surface area contributed by atoms with Crippen molar-refractivity contribution in [3.05, 3.63) is 47.0 Å². The van der Waals surface area contributed by atoms with E-state index in [1.54, 1.807) is 20.8 Å². The minimum absolute atomic E-state index is 0.0779. The summed E-state index contributed by atoms with van der Waals surface area (Å²) in [5.74, 6) is 0.289. The summed E-state index contributed by atoms with van der Waals surface area (Å²) in [6.45, 7) is 1.51. The van der Waals surface area contributed by atoms with Crippen molar-refractivity contribution in [2.45, 2.75) is 25.9 Å². The van der Waals surface area contributed by atoms with Crippen LogP contribution >= 0.6 is 11.3 Å². The zero-order valence-corrected chi connectivity index (χ0v) is 14.3. The van der Waals surface area contributed by atoms with E-state index >= 15 is 0 Å². The number of nitrogens with two attached hydrogens (primary N) is 1. The van der Waals surface area contributed by atoms with Crippen molar-refractivity contribution < 1.29 is 9.59 Å². The smallest absolute Gasteiger partial charge is 0.266 e. The number of nitrogens with zero attached hydrogens (tertiary/aromatic N) is 4. The van der Waals surface area contributed by atoms with Crippen LogP contribution in [0.1, 0.15) is 27.7 Å². The van der Waals surface area contributed by atoms with Gasteiger partial charge in [-0.05, 0) is 12.1 Å². The zero-order valence-electron chi connectivity index (χ0n) is 13.5. The summed E-state index contributed by atoms with van der Waals surface area (Å²) >= 11 is 1.63. The van der Waals surface area contributed by atoms with E-state index in [1.807, 2.05) is 24.3 Å². The molecule has 3 aromatic rings. The van der Waals surface area contributed by atoms with E-state index < -0.39 is 5.91 Å². The largest absolute Gasteiger partial charge is 0.364 e. The van der Waals surface area contributed by atoms with E-state index in [0.717, 1.165) is 15.2 Å². The Morgan fingerprint density at radius 1 is 1.24 bits per heavy atom. The lowest BCUT2D eigenvalue weighted by atomic mass is 10.2. The highest BCUT2D eigenvalue weighted by Gasteiger charge is 2.24. The van der Waals surface area contributed by atoms with Gasteiger partial charge in [-0.1, -0.05) is 12.1 Å². The van der Waals surface area contributed by atoms with E-state index in [0.29, 0.717) is 44.0 Å². The zero-order chi connectivity index (χ0) is 17.4. The lowest BCUT2D eigenvalue weighted by molar-refractivity contribution is -0.132. The van der Waals surface area contributed by atoms with E-state index in [9.17, 15) is 9.59 Å². The molecule has 2 N–H and O–H groups in total. The molecule has 4 rings (SSSR count). The number of hydrogen-bond donors (Lipinski definition) is 1. The molecule has 1 aliphatic rings. The van der Waals surface area contributed by atoms with Crippen LogP contribution in [0.5, 0.6) is 0 Å². The molecule has 0 spiro atoms. The van der Waals surface area contributed by atoms with Crippen LogP contribution in [-0.2, 0) is 24.3 Å². The van der Waals surface area contributed by atoms with Crippen LogP contribution in [-0.4, -0.2) is 37.8 Å². The first kappa shape index (κ1) is 15.8. The van der Waals surface area contributed by atoms with Gasteiger partial charge in [-0.3, -0.25) is 9.59 Å². The average molecular weight is 355 g/mol. The minimum Gasteiger partial charge on any atom is -0.364 e. The first-order chi connectivity index (χ1) is 12.1. The van der Waals surface area contributed by atoms with Gasteiger partial charge in [0.15, 0.2) is 0 Å². The molecule has 0 fully saturated rings. The highest BCUT2D eigenvalue weighted by molar-refractivity contribution is 7.18. The number of carbonyl (C=O) groups is 2. The van der Waals surface area contributed by atoms with Gasteiger partial charge in [0.25, 0.3) is 5.91 Å². The molecule has 0 unspecified atom stereocenters. The molecule has 8 heteroatoms. The molecule has 1 aliphatic heterocycles. The van der Waals surface area contributed by atoms with E-state index in [-0.39, 0.29) is 5.91 Å². The fourth-order valence-electron chi connectivity index (χ4n) is 3.07. The number of aryl methyl sites for hydroxylation is 1. The summed E-state index contributed by atoms with van der Waals surface area (Å²) in [4.78, 5) is 34.4. The molecule has 2 aromatic heterocycles. The van der Waals surface area contributed by atoms with Crippen LogP contribution < -0.4 is 5.73 Å². The van der Waals surface area contributed by atoms with Crippen molar-refractivity contribution in [2.75, 3.05) is 6.54 Å². The monoisotopic (exact) mass is 355 g/mol. The van der Waals surface area contributed by atoms with Crippen LogP contribution in [0, 0.1) is 0 Å². The maximum Gasteiger partial charge on any atom is 0.266 e. The number of hydrogen-bond acceptors (Lipinski definition) is 5. The Morgan fingerprint density at radius 2 is 2.08 bits per heavy atom. The number of primary amides is 1. The maximum atomic E-state index is 12.5. The standard InChI is InChI=1S/C17H17N5O2S/c18-17(24)12-9-19-14-10-21(7-8-22(12)14)16(23)6-5-15-20-11-3-1-2-4-13(11)25-15/h1-4,9H,5-8,10H2,(H2,18,24). The van der Waals surface area contributed by atoms with Crippen LogP contribution in [0.25, 0.3) is 10.2 Å². The van der Waals surface area contributed by atoms with Crippen LogP contribution in [0.4, 0.5) is 0 Å². The van der Waals surface area contributed by atoms with Crippen LogP contribution in [0.15, 0.2) is 30.5 Å². The minimum atomic E-state index is -0.491. The topological polar surface area (TPSA) is 94.1 Å². The third kappa shape index (κ3) is 3.00. The number of fused-ring (bicyclic) bond motifs is 2. The number of aromatic nitrogens is 3. The second-order valence-corrected chi connectivity index (χ2v) is 7.08. The number of carbonyl (C=O) groups excluding carboxylic acids is 2. The van der Waals surface area contributed by atoms with Crippen molar-refractivity contribution >= 4 is 33.4 Å². The Labute approximate surface area is 148 Å². The quantitative estimate of drug-likeness (QED) is 0.768. The lowest BCUT2D eigenvalue weighted by Gasteiger charge is -2.28. The average Bonchev–Trinajstić information content (AvgIpc) is 3.22. The summed E-state index contributed by atoms with van der Waals surface area (Å²) in [5, 5.41) is 0.976. The molecule has 25 heavy (non-hydrogen) atoms. The van der Waals surface area contributed by atoms with Gasteiger partial charge in [-0.2, -0.15) is 0 Å². The summed E-state index contributed by atoms with van der Waals surface area (Å²) < 4.78 is 2.93. The molecule has 0 bridgehead atoms. The third-order valence-electron chi connectivity index (χ3n) is 4.36. The van der Waals surface area contributed by atoms with Crippen molar-refractivity contribution in [3.63, 3.8) is 0 Å². The summed E-state index contributed by atoms with van der Waals surface area (Å²) in [7, 11) is 0. The van der Waals surface area contributed by atoms with Crippen molar-refractivity contribution in [3.8, 4) is 0 Å². The van der Waals surface area contributed by atoms with E-state index in [4.69, 9.17) is 5.73 Å².